The van der Waals surface area contributed by atoms with Gasteiger partial charge in [0.25, 0.3) is 29.5 Å². The van der Waals surface area contributed by atoms with E-state index >= 15 is 0 Å². The van der Waals surface area contributed by atoms with Gasteiger partial charge >= 0.3 is 0 Å². The van der Waals surface area contributed by atoms with Crippen molar-refractivity contribution in [2.45, 2.75) is 266 Å². The minimum absolute atomic E-state index is 0.0235. The summed E-state index contributed by atoms with van der Waals surface area (Å²) >= 11 is 0. The lowest BCUT2D eigenvalue weighted by atomic mass is 9.86. The summed E-state index contributed by atoms with van der Waals surface area (Å²) in [4.78, 5) is 124. The van der Waals surface area contributed by atoms with Crippen molar-refractivity contribution in [3.8, 4) is 0 Å². The summed E-state index contributed by atoms with van der Waals surface area (Å²) in [5, 5.41) is 9.47. The number of aliphatic hydroxyl groups excluding tert-OH is 1. The fourth-order valence-electron chi connectivity index (χ4n) is 19.3. The van der Waals surface area contributed by atoms with Crippen LogP contribution in [-0.4, -0.2) is 290 Å². The number of piperazine rings is 1. The third-order valence-corrected chi connectivity index (χ3v) is 28.6. The number of nitrogens with zero attached hydrogens (tertiary/aromatic N) is 11. The van der Waals surface area contributed by atoms with Gasteiger partial charge in [-0.1, -0.05) is 210 Å². The van der Waals surface area contributed by atoms with Gasteiger partial charge in [-0.15, -0.1) is 0 Å². The molecule has 3 atom stereocenters. The van der Waals surface area contributed by atoms with E-state index in [-0.39, 0.29) is 97.7 Å². The number of benzene rings is 6. The molecule has 8 amide bonds. The molecule has 135 heavy (non-hydrogen) atoms. The van der Waals surface area contributed by atoms with Crippen LogP contribution in [0.25, 0.3) is 0 Å². The van der Waals surface area contributed by atoms with Crippen LogP contribution in [0.3, 0.4) is 0 Å². The summed E-state index contributed by atoms with van der Waals surface area (Å²) in [6, 6.07) is 49.1. The number of likely N-dealkylation sites (tertiary alicyclic amines) is 7. The first kappa shape index (κ1) is 108. The molecule has 9 saturated heterocycles. The maximum absolute atomic E-state index is 13.0. The molecule has 6 aromatic rings. The smallest absolute Gasteiger partial charge is 0.253 e. The highest BCUT2D eigenvalue weighted by Crippen LogP contribution is 2.33. The molecule has 3 unspecified atom stereocenters. The van der Waals surface area contributed by atoms with Crippen molar-refractivity contribution in [3.63, 3.8) is 0 Å². The Morgan fingerprint density at radius 3 is 1.04 bits per heavy atom. The highest BCUT2D eigenvalue weighted by molar-refractivity contribution is 5.97. The third-order valence-electron chi connectivity index (χ3n) is 28.6. The van der Waals surface area contributed by atoms with E-state index in [2.05, 4.69) is 214 Å². The molecule has 0 radical (unpaired) electrons. The Morgan fingerprint density at radius 2 is 0.659 bits per heavy atom. The predicted octanol–water partition coefficient (Wildman–Crippen LogP) is 18.1. The summed E-state index contributed by atoms with van der Waals surface area (Å²) in [7, 11) is 6.34. The first-order valence-electron chi connectivity index (χ1n) is 51.0. The highest BCUT2D eigenvalue weighted by Gasteiger charge is 2.37. The minimum Gasteiger partial charge on any atom is -0.393 e. The topological polar surface area (TPSA) is 202 Å². The van der Waals surface area contributed by atoms with E-state index in [1.165, 1.54) is 72.3 Å². The number of morpholine rings is 1. The number of amides is 8. The number of ether oxygens (including phenoxy) is 1. The summed E-state index contributed by atoms with van der Waals surface area (Å²) in [5.41, 5.74) is 13.1. The molecule has 0 bridgehead atoms. The van der Waals surface area contributed by atoms with Crippen molar-refractivity contribution in [3.05, 3.63) is 212 Å². The number of aliphatic hydroxyl groups is 1. The lowest BCUT2D eigenvalue weighted by molar-refractivity contribution is -0.141. The molecule has 9 heterocycles. The van der Waals surface area contributed by atoms with E-state index in [0.717, 1.165) is 164 Å². The Morgan fingerprint density at radius 1 is 0.326 bits per heavy atom. The van der Waals surface area contributed by atoms with E-state index in [9.17, 15) is 43.5 Å². The first-order valence-corrected chi connectivity index (χ1v) is 51.0. The van der Waals surface area contributed by atoms with E-state index in [1.54, 1.807) is 0 Å². The number of rotatable bonds is 12. The minimum atomic E-state index is -0.243. The maximum atomic E-state index is 13.0. The number of carbonyl (C=O) groups is 8. The van der Waals surface area contributed by atoms with Gasteiger partial charge in [0.1, 0.15) is 0 Å². The van der Waals surface area contributed by atoms with Crippen LogP contribution in [0, 0.1) is 17.8 Å². The van der Waals surface area contributed by atoms with Crippen LogP contribution >= 0.6 is 0 Å². The van der Waals surface area contributed by atoms with Gasteiger partial charge < -0.3 is 63.7 Å². The molecule has 9 aliphatic rings. The van der Waals surface area contributed by atoms with Crippen molar-refractivity contribution in [2.75, 3.05) is 172 Å². The SMILES string of the molecule is CC(C)(C)c1ccc(C(=O)N2CCC(O)CC2)cc1.CC(C)(C)c1ccc(C(=O)N2CCCC(C(=O)N3CCCC3)C2)cc1.CC(C)(C)c1ccc(C(=O)N2CCCC(C(=O)N3CCOCC3)C2)cc1.CC(C)(C)c1cccc(C(=O)N2CCCC(CN3CCCC3)C2)c1.CN(C)C1CCN(C(=O)c2ccc(C(C)(C)C)cc2)CC1.CN1CCN(C(=O)Cc2ccc(C(C)(C)C)cc2)CC1. The average molecular weight is 1850 g/mol. The number of piperidine rings is 5. The zero-order valence-corrected chi connectivity index (χ0v) is 86.7. The Hall–Kier alpha value is -9.12. The Kier molecular flexibility index (Phi) is 39.1. The summed E-state index contributed by atoms with van der Waals surface area (Å²) in [6.45, 7) is 58.4. The van der Waals surface area contributed by atoms with Crippen LogP contribution in [0.1, 0.15) is 305 Å². The van der Waals surface area contributed by atoms with Crippen LogP contribution in [0.4, 0.5) is 0 Å². The summed E-state index contributed by atoms with van der Waals surface area (Å²) < 4.78 is 5.33. The van der Waals surface area contributed by atoms with Gasteiger partial charge in [0.05, 0.1) is 37.6 Å². The van der Waals surface area contributed by atoms with Crippen LogP contribution < -0.4 is 0 Å². The molecule has 9 aliphatic heterocycles. The summed E-state index contributed by atoms with van der Waals surface area (Å²) in [5.74, 6) is 1.76. The molecule has 15 rings (SSSR count). The average Bonchev–Trinajstić information content (AvgIpc) is 0.866. The van der Waals surface area contributed by atoms with Gasteiger partial charge in [0, 0.05) is 158 Å². The molecule has 0 saturated carbocycles. The molecule has 1 N–H and O–H groups in total. The molecular weight excluding hydrogens is 1680 g/mol. The molecule has 0 spiro atoms. The van der Waals surface area contributed by atoms with Crippen LogP contribution in [0.2, 0.25) is 0 Å². The molecule has 0 aliphatic carbocycles. The second kappa shape index (κ2) is 48.9. The van der Waals surface area contributed by atoms with Crippen LogP contribution in [-0.2, 0) is 58.0 Å². The van der Waals surface area contributed by atoms with Gasteiger partial charge in [-0.25, -0.2) is 0 Å². The van der Waals surface area contributed by atoms with Gasteiger partial charge in [0.2, 0.25) is 17.7 Å². The lowest BCUT2D eigenvalue weighted by Crippen LogP contribution is -2.49. The first-order chi connectivity index (χ1) is 63.7. The van der Waals surface area contributed by atoms with Gasteiger partial charge in [0.15, 0.2) is 0 Å². The van der Waals surface area contributed by atoms with E-state index in [0.29, 0.717) is 89.3 Å². The predicted molar refractivity (Wildman–Crippen MR) is 547 cm³/mol. The van der Waals surface area contributed by atoms with Gasteiger partial charge in [-0.05, 0) is 262 Å². The Bertz CT molecular complexity index is 4760. The number of hydrogen-bond donors (Lipinski definition) is 1. The number of likely N-dealkylation sites (N-methyl/N-ethyl adjacent to an activating group) is 1. The van der Waals surface area contributed by atoms with Crippen molar-refractivity contribution in [1.29, 1.82) is 0 Å². The van der Waals surface area contributed by atoms with Crippen molar-refractivity contribution in [1.82, 2.24) is 53.9 Å². The molecule has 740 valence electrons. The molecule has 9 fully saturated rings. The van der Waals surface area contributed by atoms with Crippen molar-refractivity contribution >= 4 is 47.3 Å². The zero-order chi connectivity index (χ0) is 98.3. The third kappa shape index (κ3) is 32.5. The van der Waals surface area contributed by atoms with Crippen LogP contribution in [0.15, 0.2) is 146 Å². The normalized spacial score (nSPS) is 19.9. The lowest BCUT2D eigenvalue weighted by Gasteiger charge is -2.36. The molecule has 21 heteroatoms. The monoisotopic (exact) mass is 1850 g/mol. The van der Waals surface area contributed by atoms with Crippen molar-refractivity contribution in [2.24, 2.45) is 17.8 Å². The largest absolute Gasteiger partial charge is 0.393 e. The van der Waals surface area contributed by atoms with Crippen LogP contribution in [0.5, 0.6) is 0 Å². The maximum Gasteiger partial charge on any atom is 0.253 e. The fraction of sp³-hybridized carbons (Fsp3) is 0.614. The fourth-order valence-corrected chi connectivity index (χ4v) is 19.3. The number of hydrogen-bond acceptors (Lipinski definition) is 13. The molecule has 21 nitrogen and oxygen atoms in total. The Labute approximate surface area is 812 Å². The second-order valence-electron chi connectivity index (χ2n) is 45.9. The molecule has 6 aromatic carbocycles. The second-order valence-corrected chi connectivity index (χ2v) is 45.9. The van der Waals surface area contributed by atoms with E-state index in [1.807, 2.05) is 131 Å². The quantitative estimate of drug-likeness (QED) is 0.121. The van der Waals surface area contributed by atoms with Crippen molar-refractivity contribution < 1.29 is 48.2 Å². The summed E-state index contributed by atoms with van der Waals surface area (Å²) in [6.07, 6.45) is 14.7. The molecule has 0 aromatic heterocycles. The molecular formula is C114H169N11O10. The van der Waals surface area contributed by atoms with Gasteiger partial charge in [-0.2, -0.15) is 0 Å². The highest BCUT2D eigenvalue weighted by atomic mass is 16.5. The van der Waals surface area contributed by atoms with E-state index in [4.69, 9.17) is 4.74 Å². The number of carbonyl (C=O) groups excluding carboxylic acids is 8. The standard InChI is InChI=1S/C21H30N2O3.C21H30N2O2.C21H32N2O.C18H28N2O.C17H26N2O.C16H23NO2/c1-21(2,3)18-8-6-16(7-9-18)19(24)23-10-4-5-17(15-23)20(25)22-11-13-26-14-12-22;1-21(2,3)18-10-8-16(9-11-18)19(24)23-14-6-7-17(15-23)20(25)22-12-4-5-13-22;1-21(2,3)19-10-6-9-18(14-19)20(24)23-13-7-8-17(16-23)15-22-11-4-5-12-22;1-18(2,3)15-8-6-14(7-9-15)17(21)20-12-10-16(11-13-20)19(4)5;1-17(2,3)15-7-5-14(6-8-15)13-16(20)19-11-9-18(4)10-12-19;1-16(2,3)13-6-4-12(5-7-13)15(19)17-10-8-14(18)9-11-17/h6-9,17H,4-5,10-15H2,1-3H3;8-11,17H,4-7,12-15H2,1-3H3;6,9-10,14,17H,4-5,7-8,11-13,15-16H2,1-3H3;6-9,16H,10-13H2,1-5H3;5-8H,9-13H2,1-4H3;4-7,14,18H,8-11H2,1-3H3. The van der Waals surface area contributed by atoms with E-state index < -0.39 is 0 Å². The zero-order valence-electron chi connectivity index (χ0n) is 86.7. The van der Waals surface area contributed by atoms with Gasteiger partial charge in [-0.3, -0.25) is 38.4 Å². The Balaban J connectivity index is 0.000000168.